The van der Waals surface area contributed by atoms with E-state index in [0.717, 1.165) is 0 Å². The molecule has 2 aromatic heterocycles. The Hall–Kier alpha value is -2.44. The third kappa shape index (κ3) is 2.58. The van der Waals surface area contributed by atoms with Gasteiger partial charge in [-0.1, -0.05) is 19.0 Å². The number of carboxylic acid groups (broad SMARTS) is 1. The van der Waals surface area contributed by atoms with Crippen LogP contribution in [-0.2, 0) is 4.79 Å². The molecular weight excluding hydrogens is 274 g/mol. The van der Waals surface area contributed by atoms with Crippen LogP contribution >= 0.6 is 0 Å². The molecule has 0 aromatic carbocycles. The van der Waals surface area contributed by atoms with Crippen LogP contribution < -0.4 is 5.32 Å². The topological polar surface area (TPSA) is 105 Å². The molecule has 0 spiro atoms. The van der Waals surface area contributed by atoms with Crippen molar-refractivity contribution in [2.45, 2.75) is 39.2 Å². The zero-order valence-corrected chi connectivity index (χ0v) is 12.1. The number of fused-ring (bicyclic) bond motifs is 1. The summed E-state index contributed by atoms with van der Waals surface area (Å²) in [6, 6.07) is 1.60. The van der Waals surface area contributed by atoms with Gasteiger partial charge in [0, 0.05) is 6.20 Å². The fourth-order valence-electron chi connectivity index (χ4n) is 2.14. The van der Waals surface area contributed by atoms with E-state index in [4.69, 9.17) is 4.52 Å². The SMILES string of the molecule is CCC(CC)(NC(=O)c1cnc2onc(C)c2c1)C(=O)O. The van der Waals surface area contributed by atoms with Gasteiger partial charge in [-0.05, 0) is 25.8 Å². The van der Waals surface area contributed by atoms with E-state index in [1.54, 1.807) is 26.8 Å². The number of carbonyl (C=O) groups excluding carboxylic acids is 1. The molecule has 0 fully saturated rings. The summed E-state index contributed by atoms with van der Waals surface area (Å²) in [4.78, 5) is 27.7. The molecule has 2 aromatic rings. The Bertz CT molecular complexity index is 689. The lowest BCUT2D eigenvalue weighted by Crippen LogP contribution is -2.53. The predicted octanol–water partition coefficient (Wildman–Crippen LogP) is 1.90. The fraction of sp³-hybridized carbons (Fsp3) is 0.429. The molecule has 7 heteroatoms. The summed E-state index contributed by atoms with van der Waals surface area (Å²) in [6.07, 6.45) is 1.94. The fourth-order valence-corrected chi connectivity index (χ4v) is 2.14. The first-order valence-corrected chi connectivity index (χ1v) is 6.71. The van der Waals surface area contributed by atoms with Crippen LogP contribution in [0.2, 0.25) is 0 Å². The number of carboxylic acids is 1. The van der Waals surface area contributed by atoms with Crippen molar-refractivity contribution in [3.63, 3.8) is 0 Å². The molecule has 2 N–H and O–H groups in total. The van der Waals surface area contributed by atoms with E-state index in [2.05, 4.69) is 15.5 Å². The van der Waals surface area contributed by atoms with Gasteiger partial charge in [0.15, 0.2) is 0 Å². The van der Waals surface area contributed by atoms with Crippen molar-refractivity contribution in [3.8, 4) is 0 Å². The highest BCUT2D eigenvalue weighted by Gasteiger charge is 2.36. The second-order valence-corrected chi connectivity index (χ2v) is 4.89. The smallest absolute Gasteiger partial charge is 0.329 e. The minimum Gasteiger partial charge on any atom is -0.480 e. The molecule has 0 saturated carbocycles. The van der Waals surface area contributed by atoms with Crippen LogP contribution in [-0.4, -0.2) is 32.7 Å². The van der Waals surface area contributed by atoms with Crippen LogP contribution in [0.25, 0.3) is 11.1 Å². The number of aliphatic carboxylic acids is 1. The first-order chi connectivity index (χ1) is 9.93. The second kappa shape index (κ2) is 5.51. The number of hydrogen-bond donors (Lipinski definition) is 2. The maximum atomic E-state index is 12.3. The van der Waals surface area contributed by atoms with E-state index in [-0.39, 0.29) is 5.56 Å². The predicted molar refractivity (Wildman–Crippen MR) is 75.0 cm³/mol. The molecule has 112 valence electrons. The number of amides is 1. The summed E-state index contributed by atoms with van der Waals surface area (Å²) in [7, 11) is 0. The Morgan fingerprint density at radius 2 is 2.05 bits per heavy atom. The summed E-state index contributed by atoms with van der Waals surface area (Å²) in [5, 5.41) is 16.3. The lowest BCUT2D eigenvalue weighted by Gasteiger charge is -2.27. The molecule has 2 rings (SSSR count). The Balaban J connectivity index is 2.33. The summed E-state index contributed by atoms with van der Waals surface area (Å²) in [5.41, 5.74) is -0.0149. The molecule has 0 aliphatic carbocycles. The first-order valence-electron chi connectivity index (χ1n) is 6.71. The molecule has 0 aliphatic rings. The average molecular weight is 291 g/mol. The second-order valence-electron chi connectivity index (χ2n) is 4.89. The van der Waals surface area contributed by atoms with E-state index in [1.807, 2.05) is 0 Å². The van der Waals surface area contributed by atoms with Gasteiger partial charge in [0.1, 0.15) is 5.54 Å². The summed E-state index contributed by atoms with van der Waals surface area (Å²) in [6.45, 7) is 5.20. The van der Waals surface area contributed by atoms with Crippen LogP contribution in [0.5, 0.6) is 0 Å². The highest BCUT2D eigenvalue weighted by atomic mass is 16.5. The number of aromatic nitrogens is 2. The van der Waals surface area contributed by atoms with E-state index in [9.17, 15) is 14.7 Å². The molecule has 0 bridgehead atoms. The highest BCUT2D eigenvalue weighted by molar-refractivity contribution is 5.99. The standard InChI is InChI=1S/C14H17N3O4/c1-4-14(5-2,13(19)20)16-11(18)9-6-10-8(3)17-21-12(10)15-7-9/h6-7H,4-5H2,1-3H3,(H,16,18)(H,19,20). The van der Waals surface area contributed by atoms with Crippen LogP contribution in [0.1, 0.15) is 42.7 Å². The number of aryl methyl sites for hydroxylation is 1. The van der Waals surface area contributed by atoms with Gasteiger partial charge >= 0.3 is 5.97 Å². The number of carbonyl (C=O) groups is 2. The molecule has 0 radical (unpaired) electrons. The van der Waals surface area contributed by atoms with Crippen molar-refractivity contribution < 1.29 is 19.2 Å². The van der Waals surface area contributed by atoms with Crippen LogP contribution in [0.3, 0.4) is 0 Å². The Kier molecular flexibility index (Phi) is 3.93. The molecule has 0 unspecified atom stereocenters. The van der Waals surface area contributed by atoms with Crippen molar-refractivity contribution in [1.29, 1.82) is 0 Å². The monoisotopic (exact) mass is 291 g/mol. The number of hydrogen-bond acceptors (Lipinski definition) is 5. The summed E-state index contributed by atoms with van der Waals surface area (Å²) in [5.74, 6) is -1.52. The maximum Gasteiger partial charge on any atom is 0.329 e. The first kappa shape index (κ1) is 15.0. The van der Waals surface area contributed by atoms with Crippen molar-refractivity contribution in [1.82, 2.24) is 15.5 Å². The number of nitrogens with one attached hydrogen (secondary N) is 1. The van der Waals surface area contributed by atoms with Gasteiger partial charge in [-0.15, -0.1) is 0 Å². The minimum absolute atomic E-state index is 0.279. The molecular formula is C14H17N3O4. The Morgan fingerprint density at radius 1 is 1.38 bits per heavy atom. The average Bonchev–Trinajstić information content (AvgIpc) is 2.85. The zero-order valence-electron chi connectivity index (χ0n) is 12.1. The molecule has 21 heavy (non-hydrogen) atoms. The molecule has 0 saturated heterocycles. The van der Waals surface area contributed by atoms with E-state index >= 15 is 0 Å². The Labute approximate surface area is 121 Å². The third-order valence-corrected chi connectivity index (χ3v) is 3.74. The van der Waals surface area contributed by atoms with Gasteiger partial charge in [0.05, 0.1) is 16.6 Å². The van der Waals surface area contributed by atoms with Gasteiger partial charge in [0.25, 0.3) is 11.6 Å². The van der Waals surface area contributed by atoms with E-state index in [0.29, 0.717) is 29.6 Å². The number of rotatable bonds is 5. The minimum atomic E-state index is -1.27. The molecule has 7 nitrogen and oxygen atoms in total. The van der Waals surface area contributed by atoms with Gasteiger partial charge in [-0.2, -0.15) is 0 Å². The number of pyridine rings is 1. The molecule has 1 amide bonds. The lowest BCUT2D eigenvalue weighted by atomic mass is 9.92. The summed E-state index contributed by atoms with van der Waals surface area (Å²) < 4.78 is 4.98. The van der Waals surface area contributed by atoms with E-state index < -0.39 is 17.4 Å². The molecule has 2 heterocycles. The van der Waals surface area contributed by atoms with Gasteiger partial charge < -0.3 is 14.9 Å². The van der Waals surface area contributed by atoms with Crippen molar-refractivity contribution in [3.05, 3.63) is 23.5 Å². The molecule has 0 atom stereocenters. The molecule has 0 aliphatic heterocycles. The highest BCUT2D eigenvalue weighted by Crippen LogP contribution is 2.19. The van der Waals surface area contributed by atoms with Crippen LogP contribution in [0.4, 0.5) is 0 Å². The van der Waals surface area contributed by atoms with Crippen molar-refractivity contribution in [2.24, 2.45) is 0 Å². The maximum absolute atomic E-state index is 12.3. The van der Waals surface area contributed by atoms with E-state index in [1.165, 1.54) is 6.20 Å². The largest absolute Gasteiger partial charge is 0.480 e. The van der Waals surface area contributed by atoms with Gasteiger partial charge in [0.2, 0.25) is 0 Å². The quantitative estimate of drug-likeness (QED) is 0.871. The third-order valence-electron chi connectivity index (χ3n) is 3.74. The van der Waals surface area contributed by atoms with Crippen LogP contribution in [0.15, 0.2) is 16.8 Å². The van der Waals surface area contributed by atoms with Crippen LogP contribution in [0, 0.1) is 6.92 Å². The van der Waals surface area contributed by atoms with Gasteiger partial charge in [-0.25, -0.2) is 9.78 Å². The Morgan fingerprint density at radius 3 is 2.62 bits per heavy atom. The lowest BCUT2D eigenvalue weighted by molar-refractivity contribution is -0.144. The zero-order chi connectivity index (χ0) is 15.6. The van der Waals surface area contributed by atoms with Crippen molar-refractivity contribution >= 4 is 23.0 Å². The number of nitrogens with zero attached hydrogens (tertiary/aromatic N) is 2. The van der Waals surface area contributed by atoms with Gasteiger partial charge in [-0.3, -0.25) is 4.79 Å². The van der Waals surface area contributed by atoms with Crippen molar-refractivity contribution in [2.75, 3.05) is 0 Å². The summed E-state index contributed by atoms with van der Waals surface area (Å²) >= 11 is 0. The normalized spacial score (nSPS) is 11.6.